The van der Waals surface area contributed by atoms with Crippen LogP contribution in [0.25, 0.3) is 0 Å². The molecule has 1 amide bonds. The highest BCUT2D eigenvalue weighted by molar-refractivity contribution is 5.95. The molecule has 0 spiro atoms. The summed E-state index contributed by atoms with van der Waals surface area (Å²) in [7, 11) is 1.44. The minimum Gasteiger partial charge on any atom is -0.497 e. The van der Waals surface area contributed by atoms with Gasteiger partial charge < -0.3 is 14.7 Å². The molecule has 1 N–H and O–H groups in total. The standard InChI is InChI=1S/C15H20N2O4/c1-3-5-10-6-4-7-17(10)14(18)12-8-11(21-2)9-13(16-12)15(19)20/h8-10H,3-7H2,1-2H3,(H,19,20). The van der Waals surface area contributed by atoms with Crippen molar-refractivity contribution >= 4 is 11.9 Å². The molecule has 2 rings (SSSR count). The number of amides is 1. The number of rotatable bonds is 5. The van der Waals surface area contributed by atoms with Crippen molar-refractivity contribution in [3.63, 3.8) is 0 Å². The molecule has 1 aliphatic rings. The third kappa shape index (κ3) is 3.32. The summed E-state index contributed by atoms with van der Waals surface area (Å²) in [4.78, 5) is 29.4. The first-order valence-corrected chi connectivity index (χ1v) is 7.17. The fraction of sp³-hybridized carbons (Fsp3) is 0.533. The SMILES string of the molecule is CCCC1CCCN1C(=O)c1cc(OC)cc(C(=O)O)n1. The van der Waals surface area contributed by atoms with E-state index >= 15 is 0 Å². The van der Waals surface area contributed by atoms with Crippen LogP contribution in [0.4, 0.5) is 0 Å². The van der Waals surface area contributed by atoms with Crippen molar-refractivity contribution in [1.82, 2.24) is 9.88 Å². The number of carboxylic acid groups (broad SMARTS) is 1. The highest BCUT2D eigenvalue weighted by atomic mass is 16.5. The molecule has 1 aromatic heterocycles. The summed E-state index contributed by atoms with van der Waals surface area (Å²) in [5, 5.41) is 9.07. The van der Waals surface area contributed by atoms with Crippen LogP contribution >= 0.6 is 0 Å². The number of hydrogen-bond acceptors (Lipinski definition) is 4. The van der Waals surface area contributed by atoms with E-state index in [9.17, 15) is 9.59 Å². The summed E-state index contributed by atoms with van der Waals surface area (Å²) >= 11 is 0. The minimum absolute atomic E-state index is 0.134. The van der Waals surface area contributed by atoms with E-state index in [2.05, 4.69) is 11.9 Å². The van der Waals surface area contributed by atoms with Crippen molar-refractivity contribution in [3.8, 4) is 5.75 Å². The Balaban J connectivity index is 2.29. The Bertz CT molecular complexity index is 544. The van der Waals surface area contributed by atoms with E-state index in [1.807, 2.05) is 0 Å². The Hall–Kier alpha value is -2.11. The number of carboxylic acids is 1. The Kier molecular flexibility index (Phi) is 4.77. The second kappa shape index (κ2) is 6.56. The second-order valence-electron chi connectivity index (χ2n) is 5.17. The van der Waals surface area contributed by atoms with Crippen LogP contribution in [0, 0.1) is 0 Å². The van der Waals surface area contributed by atoms with Crippen molar-refractivity contribution in [3.05, 3.63) is 23.5 Å². The van der Waals surface area contributed by atoms with Crippen LogP contribution in [0.3, 0.4) is 0 Å². The molecule has 0 bridgehead atoms. The van der Waals surface area contributed by atoms with Crippen molar-refractivity contribution in [2.24, 2.45) is 0 Å². The number of ether oxygens (including phenoxy) is 1. The third-order valence-corrected chi connectivity index (χ3v) is 3.73. The lowest BCUT2D eigenvalue weighted by Gasteiger charge is -2.24. The van der Waals surface area contributed by atoms with Gasteiger partial charge in [-0.2, -0.15) is 0 Å². The lowest BCUT2D eigenvalue weighted by atomic mass is 10.1. The molecule has 1 unspecified atom stereocenters. The maximum atomic E-state index is 12.6. The lowest BCUT2D eigenvalue weighted by molar-refractivity contribution is 0.0688. The molecule has 0 radical (unpaired) electrons. The first kappa shape index (κ1) is 15.3. The van der Waals surface area contributed by atoms with E-state index in [0.717, 1.165) is 25.7 Å². The Morgan fingerprint density at radius 3 is 2.76 bits per heavy atom. The maximum absolute atomic E-state index is 12.6. The zero-order valence-electron chi connectivity index (χ0n) is 12.3. The van der Waals surface area contributed by atoms with E-state index in [0.29, 0.717) is 12.3 Å². The van der Waals surface area contributed by atoms with Gasteiger partial charge in [0.05, 0.1) is 7.11 Å². The van der Waals surface area contributed by atoms with Crippen molar-refractivity contribution < 1.29 is 19.4 Å². The fourth-order valence-corrected chi connectivity index (χ4v) is 2.73. The quantitative estimate of drug-likeness (QED) is 0.900. The minimum atomic E-state index is -1.17. The molecule has 6 heteroatoms. The van der Waals surface area contributed by atoms with Crippen LogP contribution in [-0.4, -0.2) is 46.6 Å². The predicted octanol–water partition coefficient (Wildman–Crippen LogP) is 2.19. The molecule has 0 aromatic carbocycles. The second-order valence-corrected chi connectivity index (χ2v) is 5.17. The number of hydrogen-bond donors (Lipinski definition) is 1. The molecular formula is C15H20N2O4. The van der Waals surface area contributed by atoms with Crippen LogP contribution < -0.4 is 4.74 Å². The number of aromatic nitrogens is 1. The van der Waals surface area contributed by atoms with Crippen LogP contribution in [0.2, 0.25) is 0 Å². The molecule has 1 saturated heterocycles. The molecule has 1 aliphatic heterocycles. The van der Waals surface area contributed by atoms with Gasteiger partial charge in [-0.15, -0.1) is 0 Å². The third-order valence-electron chi connectivity index (χ3n) is 3.73. The first-order chi connectivity index (χ1) is 10.1. The molecule has 1 aromatic rings. The van der Waals surface area contributed by atoms with Gasteiger partial charge in [0.2, 0.25) is 0 Å². The summed E-state index contributed by atoms with van der Waals surface area (Å²) in [5.41, 5.74) is -0.0429. The first-order valence-electron chi connectivity index (χ1n) is 7.17. The van der Waals surface area contributed by atoms with Gasteiger partial charge in [-0.25, -0.2) is 9.78 Å². The van der Waals surface area contributed by atoms with Gasteiger partial charge >= 0.3 is 5.97 Å². The number of aromatic carboxylic acids is 1. The van der Waals surface area contributed by atoms with Gasteiger partial charge in [0.15, 0.2) is 5.69 Å². The molecule has 0 saturated carbocycles. The predicted molar refractivity (Wildman–Crippen MR) is 76.7 cm³/mol. The average Bonchev–Trinajstić information content (AvgIpc) is 2.94. The maximum Gasteiger partial charge on any atom is 0.354 e. The topological polar surface area (TPSA) is 79.7 Å². The number of methoxy groups -OCH3 is 1. The van der Waals surface area contributed by atoms with Crippen molar-refractivity contribution in [1.29, 1.82) is 0 Å². The molecule has 114 valence electrons. The van der Waals surface area contributed by atoms with Crippen LogP contribution in [-0.2, 0) is 0 Å². The summed E-state index contributed by atoms with van der Waals surface area (Å²) in [6.45, 7) is 2.79. The number of carbonyl (C=O) groups is 2. The van der Waals surface area contributed by atoms with Gasteiger partial charge in [-0.1, -0.05) is 13.3 Å². The van der Waals surface area contributed by atoms with Gasteiger partial charge in [0.1, 0.15) is 11.4 Å². The van der Waals surface area contributed by atoms with Crippen molar-refractivity contribution in [2.45, 2.75) is 38.6 Å². The number of pyridine rings is 1. The highest BCUT2D eigenvalue weighted by Crippen LogP contribution is 2.24. The Morgan fingerprint density at radius 1 is 1.43 bits per heavy atom. The Morgan fingerprint density at radius 2 is 2.14 bits per heavy atom. The lowest BCUT2D eigenvalue weighted by Crippen LogP contribution is -2.36. The monoisotopic (exact) mass is 292 g/mol. The average molecular weight is 292 g/mol. The van der Waals surface area contributed by atoms with E-state index in [1.54, 1.807) is 4.90 Å². The van der Waals surface area contributed by atoms with Crippen molar-refractivity contribution in [2.75, 3.05) is 13.7 Å². The van der Waals surface area contributed by atoms with E-state index in [-0.39, 0.29) is 23.3 Å². The molecule has 0 aliphatic carbocycles. The molecule has 1 fully saturated rings. The molecular weight excluding hydrogens is 272 g/mol. The van der Waals surface area contributed by atoms with Gasteiger partial charge in [-0.05, 0) is 19.3 Å². The number of nitrogens with zero attached hydrogens (tertiary/aromatic N) is 2. The van der Waals surface area contributed by atoms with Gasteiger partial charge in [0.25, 0.3) is 5.91 Å². The van der Waals surface area contributed by atoms with Crippen LogP contribution in [0.5, 0.6) is 5.75 Å². The van der Waals surface area contributed by atoms with E-state index < -0.39 is 5.97 Å². The molecule has 6 nitrogen and oxygen atoms in total. The number of likely N-dealkylation sites (tertiary alicyclic amines) is 1. The van der Waals surface area contributed by atoms with E-state index in [1.165, 1.54) is 19.2 Å². The van der Waals surface area contributed by atoms with Gasteiger partial charge in [0, 0.05) is 24.7 Å². The van der Waals surface area contributed by atoms with Crippen LogP contribution in [0.15, 0.2) is 12.1 Å². The van der Waals surface area contributed by atoms with Crippen LogP contribution in [0.1, 0.15) is 53.6 Å². The molecule has 1 atom stereocenters. The summed E-state index contributed by atoms with van der Waals surface area (Å²) in [5.74, 6) is -1.06. The molecule has 21 heavy (non-hydrogen) atoms. The summed E-state index contributed by atoms with van der Waals surface area (Å²) < 4.78 is 5.06. The zero-order valence-corrected chi connectivity index (χ0v) is 12.3. The highest BCUT2D eigenvalue weighted by Gasteiger charge is 2.30. The fourth-order valence-electron chi connectivity index (χ4n) is 2.73. The normalized spacial score (nSPS) is 17.8. The number of carbonyl (C=O) groups excluding carboxylic acids is 1. The van der Waals surface area contributed by atoms with Gasteiger partial charge in [-0.3, -0.25) is 4.79 Å². The zero-order chi connectivity index (χ0) is 15.4. The van der Waals surface area contributed by atoms with E-state index in [4.69, 9.17) is 9.84 Å². The Labute approximate surface area is 123 Å². The molecule has 2 heterocycles. The summed E-state index contributed by atoms with van der Waals surface area (Å²) in [6, 6.07) is 3.03. The largest absolute Gasteiger partial charge is 0.497 e. The smallest absolute Gasteiger partial charge is 0.354 e. The summed E-state index contributed by atoms with van der Waals surface area (Å²) in [6.07, 6.45) is 3.95.